The molecular weight excluding hydrogens is 467 g/mol. The van der Waals surface area contributed by atoms with E-state index in [9.17, 15) is 9.18 Å². The molecule has 3 aromatic rings. The van der Waals surface area contributed by atoms with Gasteiger partial charge in [0, 0.05) is 59.1 Å². The number of nitrogens with zero attached hydrogens (tertiary/aromatic N) is 8. The zero-order chi connectivity index (χ0) is 25.8. The SMILES string of the molecule is COc1ncc(Nc2ncc(CN3CCN(C(=O)N(C)C)CC3)cc2-c2nc(C)nc(N)n2)cc1F. The summed E-state index contributed by atoms with van der Waals surface area (Å²) >= 11 is 0. The topological polar surface area (TPSA) is 139 Å². The molecule has 1 aliphatic heterocycles. The molecule has 12 nitrogen and oxygen atoms in total. The number of aromatic nitrogens is 5. The molecule has 0 radical (unpaired) electrons. The summed E-state index contributed by atoms with van der Waals surface area (Å²) in [7, 11) is 4.86. The summed E-state index contributed by atoms with van der Waals surface area (Å²) in [4.78, 5) is 39.2. The fourth-order valence-electron chi connectivity index (χ4n) is 3.91. The number of ether oxygens (including phenoxy) is 1. The maximum absolute atomic E-state index is 14.2. The number of nitrogens with two attached hydrogens (primary N) is 1. The number of halogens is 1. The van der Waals surface area contributed by atoms with E-state index < -0.39 is 5.82 Å². The van der Waals surface area contributed by atoms with Gasteiger partial charge < -0.3 is 25.6 Å². The lowest BCUT2D eigenvalue weighted by Crippen LogP contribution is -2.51. The first-order valence-electron chi connectivity index (χ1n) is 11.4. The maximum atomic E-state index is 14.2. The van der Waals surface area contributed by atoms with Crippen LogP contribution in [0.25, 0.3) is 11.4 Å². The number of aryl methyl sites for hydroxylation is 1. The number of carbonyl (C=O) groups is 1. The standard InChI is InChI=1S/C23H29FN10O2/c1-14-28-20(31-22(25)29-14)17-9-15(13-33-5-7-34(8-6-33)23(35)32(2)3)11-26-19(17)30-16-10-18(24)21(36-4)27-12-16/h9-12H,5-8,13H2,1-4H3,(H,26,30)(H2,25,28,29,31). The van der Waals surface area contributed by atoms with Crippen LogP contribution in [0.5, 0.6) is 5.88 Å². The Hall–Kier alpha value is -4.13. The zero-order valence-electron chi connectivity index (χ0n) is 20.7. The number of hydrogen-bond donors (Lipinski definition) is 2. The van der Waals surface area contributed by atoms with E-state index >= 15 is 0 Å². The molecule has 0 saturated carbocycles. The Morgan fingerprint density at radius 3 is 2.53 bits per heavy atom. The van der Waals surface area contributed by atoms with E-state index in [1.807, 2.05) is 11.0 Å². The fourth-order valence-corrected chi connectivity index (χ4v) is 3.91. The van der Waals surface area contributed by atoms with E-state index in [2.05, 4.69) is 35.1 Å². The van der Waals surface area contributed by atoms with Gasteiger partial charge in [0.1, 0.15) is 11.6 Å². The minimum Gasteiger partial charge on any atom is -0.479 e. The first kappa shape index (κ1) is 25.0. The van der Waals surface area contributed by atoms with Crippen LogP contribution in [0.1, 0.15) is 11.4 Å². The van der Waals surface area contributed by atoms with Crippen LogP contribution in [0.3, 0.4) is 0 Å². The summed E-state index contributed by atoms with van der Waals surface area (Å²) in [6.45, 7) is 5.13. The first-order chi connectivity index (χ1) is 17.2. The second-order valence-corrected chi connectivity index (χ2v) is 8.58. The number of anilines is 3. The summed E-state index contributed by atoms with van der Waals surface area (Å²) in [6.07, 6.45) is 3.19. The molecule has 2 amide bonds. The molecule has 0 aromatic carbocycles. The lowest BCUT2D eigenvalue weighted by Gasteiger charge is -2.36. The summed E-state index contributed by atoms with van der Waals surface area (Å²) in [5, 5.41) is 3.09. The molecule has 1 saturated heterocycles. The first-order valence-corrected chi connectivity index (χ1v) is 11.4. The van der Waals surface area contributed by atoms with Crippen molar-refractivity contribution < 1.29 is 13.9 Å². The number of nitrogen functional groups attached to an aromatic ring is 1. The normalized spacial score (nSPS) is 14.0. The average Bonchev–Trinajstić information content (AvgIpc) is 2.84. The number of carbonyl (C=O) groups excluding carboxylic acids is 1. The van der Waals surface area contributed by atoms with Crippen LogP contribution in [0.2, 0.25) is 0 Å². The van der Waals surface area contributed by atoms with Crippen LogP contribution >= 0.6 is 0 Å². The summed E-state index contributed by atoms with van der Waals surface area (Å²) < 4.78 is 19.1. The molecule has 3 N–H and O–H groups in total. The molecule has 0 unspecified atom stereocenters. The molecule has 0 aliphatic carbocycles. The van der Waals surface area contributed by atoms with Crippen LogP contribution in [0, 0.1) is 12.7 Å². The molecule has 0 bridgehead atoms. The van der Waals surface area contributed by atoms with E-state index in [1.165, 1.54) is 19.4 Å². The molecule has 1 aliphatic rings. The van der Waals surface area contributed by atoms with Gasteiger partial charge in [-0.05, 0) is 18.6 Å². The van der Waals surface area contributed by atoms with Gasteiger partial charge >= 0.3 is 6.03 Å². The molecule has 190 valence electrons. The van der Waals surface area contributed by atoms with E-state index in [0.29, 0.717) is 48.4 Å². The van der Waals surface area contributed by atoms with E-state index in [-0.39, 0.29) is 17.9 Å². The molecule has 13 heteroatoms. The van der Waals surface area contributed by atoms with Gasteiger partial charge in [-0.2, -0.15) is 9.97 Å². The number of urea groups is 1. The minimum atomic E-state index is -0.604. The van der Waals surface area contributed by atoms with Crippen molar-refractivity contribution in [2.45, 2.75) is 13.5 Å². The third-order valence-corrected chi connectivity index (χ3v) is 5.64. The smallest absolute Gasteiger partial charge is 0.319 e. The lowest BCUT2D eigenvalue weighted by atomic mass is 10.1. The maximum Gasteiger partial charge on any atom is 0.319 e. The fraction of sp³-hybridized carbons (Fsp3) is 0.391. The highest BCUT2D eigenvalue weighted by molar-refractivity contribution is 5.75. The van der Waals surface area contributed by atoms with Crippen molar-refractivity contribution in [2.24, 2.45) is 0 Å². The van der Waals surface area contributed by atoms with Crippen LogP contribution in [0.4, 0.5) is 26.6 Å². The van der Waals surface area contributed by atoms with Crippen LogP contribution < -0.4 is 15.8 Å². The molecule has 0 atom stereocenters. The third-order valence-electron chi connectivity index (χ3n) is 5.64. The highest BCUT2D eigenvalue weighted by Crippen LogP contribution is 2.29. The van der Waals surface area contributed by atoms with Gasteiger partial charge in [-0.1, -0.05) is 0 Å². The number of hydrogen-bond acceptors (Lipinski definition) is 10. The number of amides is 2. The Bertz CT molecular complexity index is 1230. The summed E-state index contributed by atoms with van der Waals surface area (Å²) in [6, 6.07) is 3.21. The molecule has 36 heavy (non-hydrogen) atoms. The zero-order valence-corrected chi connectivity index (χ0v) is 20.7. The van der Waals surface area contributed by atoms with Gasteiger partial charge in [0.15, 0.2) is 11.6 Å². The number of piperazine rings is 1. The average molecular weight is 497 g/mol. The van der Waals surface area contributed by atoms with Crippen LogP contribution in [-0.2, 0) is 6.54 Å². The van der Waals surface area contributed by atoms with Crippen molar-refractivity contribution in [2.75, 3.05) is 58.4 Å². The van der Waals surface area contributed by atoms with Crippen molar-refractivity contribution in [3.63, 3.8) is 0 Å². The third kappa shape index (κ3) is 5.74. The minimum absolute atomic E-state index is 0.0151. The second-order valence-electron chi connectivity index (χ2n) is 8.58. The summed E-state index contributed by atoms with van der Waals surface area (Å²) in [5.74, 6) is 0.613. The highest BCUT2D eigenvalue weighted by Gasteiger charge is 2.23. The van der Waals surface area contributed by atoms with Gasteiger partial charge in [0.05, 0.1) is 24.6 Å². The molecule has 3 aromatic heterocycles. The number of pyridine rings is 2. The molecule has 1 fully saturated rings. The Morgan fingerprint density at radius 2 is 1.89 bits per heavy atom. The predicted octanol–water partition coefficient (Wildman–Crippen LogP) is 1.91. The largest absolute Gasteiger partial charge is 0.479 e. The quantitative estimate of drug-likeness (QED) is 0.520. The summed E-state index contributed by atoms with van der Waals surface area (Å²) in [5.41, 5.74) is 7.78. The van der Waals surface area contributed by atoms with E-state index in [0.717, 1.165) is 18.7 Å². The number of nitrogens with one attached hydrogen (secondary N) is 1. The highest BCUT2D eigenvalue weighted by atomic mass is 19.1. The van der Waals surface area contributed by atoms with E-state index in [1.54, 1.807) is 32.1 Å². The molecule has 4 rings (SSSR count). The molecule has 0 spiro atoms. The Labute approximate surface area is 208 Å². The monoisotopic (exact) mass is 496 g/mol. The lowest BCUT2D eigenvalue weighted by molar-refractivity contribution is 0.120. The van der Waals surface area contributed by atoms with Crippen molar-refractivity contribution in [1.29, 1.82) is 0 Å². The van der Waals surface area contributed by atoms with Crippen molar-refractivity contribution in [1.82, 2.24) is 39.6 Å². The molecule has 4 heterocycles. The van der Waals surface area contributed by atoms with Gasteiger partial charge in [-0.25, -0.2) is 24.1 Å². The van der Waals surface area contributed by atoms with Gasteiger partial charge in [0.2, 0.25) is 11.8 Å². The van der Waals surface area contributed by atoms with E-state index in [4.69, 9.17) is 10.5 Å². The van der Waals surface area contributed by atoms with Gasteiger partial charge in [-0.15, -0.1) is 0 Å². The predicted molar refractivity (Wildman–Crippen MR) is 132 cm³/mol. The molecular formula is C23H29FN10O2. The van der Waals surface area contributed by atoms with Crippen molar-refractivity contribution in [3.05, 3.63) is 41.7 Å². The Balaban J connectivity index is 1.59. The van der Waals surface area contributed by atoms with Gasteiger partial charge in [0.25, 0.3) is 0 Å². The Morgan fingerprint density at radius 1 is 1.14 bits per heavy atom. The van der Waals surface area contributed by atoms with Gasteiger partial charge in [-0.3, -0.25) is 4.90 Å². The number of rotatable bonds is 6. The Kier molecular flexibility index (Phi) is 7.38. The van der Waals surface area contributed by atoms with Crippen LogP contribution in [-0.4, -0.2) is 93.0 Å². The number of methoxy groups -OCH3 is 1. The van der Waals surface area contributed by atoms with Crippen LogP contribution in [0.15, 0.2) is 24.5 Å². The second kappa shape index (κ2) is 10.6. The van der Waals surface area contributed by atoms with Crippen molar-refractivity contribution >= 4 is 23.5 Å². The van der Waals surface area contributed by atoms with Crippen molar-refractivity contribution in [3.8, 4) is 17.3 Å².